The number of hydrogen-bond donors (Lipinski definition) is 0. The summed E-state index contributed by atoms with van der Waals surface area (Å²) >= 11 is 0. The summed E-state index contributed by atoms with van der Waals surface area (Å²) in [6.45, 7) is 6.57. The minimum absolute atomic E-state index is 0.0220. The van der Waals surface area contributed by atoms with Gasteiger partial charge in [-0.15, -0.1) is 12.3 Å². The molecule has 0 radical (unpaired) electrons. The van der Waals surface area contributed by atoms with E-state index < -0.39 is 44.1 Å². The fourth-order valence-corrected chi connectivity index (χ4v) is 3.47. The van der Waals surface area contributed by atoms with Gasteiger partial charge in [-0.05, 0) is 32.8 Å². The number of carbonyl (C=O) groups excluding carboxylic acids is 1. The fourth-order valence-electron chi connectivity index (χ4n) is 2.95. The quantitative estimate of drug-likeness (QED) is 0.416. The fraction of sp³-hybridized carbons (Fsp3) is 0.588. The Morgan fingerprint density at radius 2 is 2.00 bits per heavy atom. The zero-order valence-corrected chi connectivity index (χ0v) is 15.5. The molecule has 144 valence electrons. The summed E-state index contributed by atoms with van der Waals surface area (Å²) in [5.74, 6) is 1.09. The van der Waals surface area contributed by atoms with Crippen LogP contribution in [0.25, 0.3) is 0 Å². The van der Waals surface area contributed by atoms with Crippen molar-refractivity contribution in [1.82, 2.24) is 0 Å². The van der Waals surface area contributed by atoms with Crippen LogP contribution in [0.2, 0.25) is 0 Å². The van der Waals surface area contributed by atoms with E-state index in [-0.39, 0.29) is 24.2 Å². The molecule has 1 heterocycles. The zero-order valence-electron chi connectivity index (χ0n) is 14.7. The highest BCUT2D eigenvalue weighted by atomic mass is 32.2. The molecule has 0 saturated carbocycles. The molecule has 0 saturated heterocycles. The molecule has 5 nitrogen and oxygen atoms in total. The van der Waals surface area contributed by atoms with Crippen LogP contribution in [0.1, 0.15) is 40.5 Å². The number of halogens is 3. The molecule has 1 aliphatic heterocycles. The topological polar surface area (TPSA) is 69.7 Å². The molecule has 1 spiro atoms. The van der Waals surface area contributed by atoms with Gasteiger partial charge in [-0.25, -0.2) is 0 Å². The number of hydrogen-bond acceptors (Lipinski definition) is 5. The van der Waals surface area contributed by atoms with Crippen LogP contribution >= 0.6 is 0 Å². The molecule has 0 unspecified atom stereocenters. The van der Waals surface area contributed by atoms with Crippen molar-refractivity contribution in [3.05, 3.63) is 23.2 Å². The number of allylic oxidation sites excluding steroid dienone is 2. The van der Waals surface area contributed by atoms with Gasteiger partial charge in [0.05, 0.1) is 0 Å². The summed E-state index contributed by atoms with van der Waals surface area (Å²) in [5.41, 5.74) is -7.97. The Labute approximate surface area is 150 Å². The van der Waals surface area contributed by atoms with Gasteiger partial charge in [-0.3, -0.25) is 4.79 Å². The molecular formula is C17H19F3O5S. The number of carbonyl (C=O) groups is 1. The molecule has 2 aliphatic rings. The van der Waals surface area contributed by atoms with Crippen molar-refractivity contribution in [3.63, 3.8) is 0 Å². The summed E-state index contributed by atoms with van der Waals surface area (Å²) in [5, 5.41) is 0. The lowest BCUT2D eigenvalue weighted by molar-refractivity contribution is -0.130. The normalized spacial score (nSPS) is 26.8. The van der Waals surface area contributed by atoms with Gasteiger partial charge in [0.2, 0.25) is 11.4 Å². The second kappa shape index (κ2) is 6.05. The molecule has 0 aromatic rings. The van der Waals surface area contributed by atoms with Gasteiger partial charge in [0.15, 0.2) is 5.76 Å². The first-order valence-corrected chi connectivity index (χ1v) is 9.20. The molecule has 0 fully saturated rings. The molecule has 26 heavy (non-hydrogen) atoms. The van der Waals surface area contributed by atoms with Gasteiger partial charge in [0, 0.05) is 23.8 Å². The van der Waals surface area contributed by atoms with E-state index in [0.717, 1.165) is 0 Å². The number of Topliss-reactive ketones (excluding diaryl/α,β-unsaturated/α-hetero) is 1. The van der Waals surface area contributed by atoms with Crippen molar-refractivity contribution in [2.45, 2.75) is 51.6 Å². The first-order valence-electron chi connectivity index (χ1n) is 7.79. The van der Waals surface area contributed by atoms with E-state index in [1.165, 1.54) is 13.0 Å². The summed E-state index contributed by atoms with van der Waals surface area (Å²) in [6.07, 6.45) is 6.76. The molecule has 2 atom stereocenters. The molecule has 0 bridgehead atoms. The standard InChI is InChI=1S/C17H19F3O5S/c1-6-15(4,5)9-12-11(3)14(21)16(24-12)8-10(2)7-13(16)25-26(22,23)17(18,19)20/h1,7,10H,8-9H2,2-5H3/t10-,16+/m0/s1. The van der Waals surface area contributed by atoms with E-state index in [1.54, 1.807) is 20.8 Å². The summed E-state index contributed by atoms with van der Waals surface area (Å²) in [6, 6.07) is 0. The zero-order chi connectivity index (χ0) is 20.1. The van der Waals surface area contributed by atoms with Crippen LogP contribution in [0.5, 0.6) is 0 Å². The Balaban J connectivity index is 2.40. The largest absolute Gasteiger partial charge is 0.534 e. The van der Waals surface area contributed by atoms with Crippen LogP contribution in [-0.4, -0.2) is 25.3 Å². The second-order valence-corrected chi connectivity index (χ2v) is 8.74. The summed E-state index contributed by atoms with van der Waals surface area (Å²) in [7, 11) is -5.92. The molecule has 0 N–H and O–H groups in total. The number of ketones is 1. The van der Waals surface area contributed by atoms with Gasteiger partial charge in [-0.2, -0.15) is 21.6 Å². The van der Waals surface area contributed by atoms with Gasteiger partial charge >= 0.3 is 15.6 Å². The van der Waals surface area contributed by atoms with Crippen LogP contribution < -0.4 is 0 Å². The van der Waals surface area contributed by atoms with E-state index in [0.29, 0.717) is 0 Å². The van der Waals surface area contributed by atoms with Gasteiger partial charge in [0.25, 0.3) is 0 Å². The van der Waals surface area contributed by atoms with Crippen LogP contribution in [0.15, 0.2) is 23.2 Å². The monoisotopic (exact) mass is 392 g/mol. The number of rotatable bonds is 4. The van der Waals surface area contributed by atoms with Crippen molar-refractivity contribution >= 4 is 15.9 Å². The Hall–Kier alpha value is -1.95. The minimum Gasteiger partial charge on any atom is -0.475 e. The lowest BCUT2D eigenvalue weighted by Crippen LogP contribution is -2.40. The van der Waals surface area contributed by atoms with Crippen molar-refractivity contribution in [2.24, 2.45) is 11.3 Å². The first-order chi connectivity index (χ1) is 11.7. The number of ether oxygens (including phenoxy) is 1. The lowest BCUT2D eigenvalue weighted by atomic mass is 9.88. The van der Waals surface area contributed by atoms with Crippen LogP contribution in [0.3, 0.4) is 0 Å². The maximum absolute atomic E-state index is 12.8. The summed E-state index contributed by atoms with van der Waals surface area (Å²) in [4.78, 5) is 12.8. The lowest BCUT2D eigenvalue weighted by Gasteiger charge is -2.28. The minimum atomic E-state index is -5.92. The van der Waals surface area contributed by atoms with E-state index in [4.69, 9.17) is 11.2 Å². The third kappa shape index (κ3) is 3.34. The van der Waals surface area contributed by atoms with Crippen molar-refractivity contribution in [1.29, 1.82) is 0 Å². The Kier molecular flexibility index (Phi) is 4.74. The molecule has 0 amide bonds. The molecule has 0 aromatic carbocycles. The molecule has 0 aromatic heterocycles. The van der Waals surface area contributed by atoms with Crippen molar-refractivity contribution < 1.29 is 35.3 Å². The smallest absolute Gasteiger partial charge is 0.475 e. The van der Waals surface area contributed by atoms with E-state index in [9.17, 15) is 26.4 Å². The Morgan fingerprint density at radius 1 is 1.42 bits per heavy atom. The van der Waals surface area contributed by atoms with Gasteiger partial charge in [0.1, 0.15) is 5.76 Å². The van der Waals surface area contributed by atoms with Crippen molar-refractivity contribution in [3.8, 4) is 12.3 Å². The number of terminal acetylenes is 1. The predicted octanol–water partition coefficient (Wildman–Crippen LogP) is 3.44. The van der Waals surface area contributed by atoms with Crippen LogP contribution in [-0.2, 0) is 23.8 Å². The highest BCUT2D eigenvalue weighted by molar-refractivity contribution is 7.87. The SMILES string of the molecule is C#CC(C)(C)CC1=C(C)C(=O)[C@]2(C[C@@H](C)C=C2OS(=O)(=O)C(F)(F)F)O1. The Morgan fingerprint density at radius 3 is 2.50 bits per heavy atom. The average molecular weight is 392 g/mol. The second-order valence-electron chi connectivity index (χ2n) is 7.21. The maximum atomic E-state index is 12.8. The van der Waals surface area contributed by atoms with E-state index in [2.05, 4.69) is 10.1 Å². The van der Waals surface area contributed by atoms with Crippen LogP contribution in [0, 0.1) is 23.7 Å². The predicted molar refractivity (Wildman–Crippen MR) is 86.7 cm³/mol. The van der Waals surface area contributed by atoms with Gasteiger partial charge < -0.3 is 8.92 Å². The average Bonchev–Trinajstić information content (AvgIpc) is 2.90. The van der Waals surface area contributed by atoms with E-state index in [1.807, 2.05) is 0 Å². The van der Waals surface area contributed by atoms with Gasteiger partial charge in [-0.1, -0.05) is 6.92 Å². The molecule has 2 rings (SSSR count). The summed E-state index contributed by atoms with van der Waals surface area (Å²) < 4.78 is 70.9. The molecule has 9 heteroatoms. The van der Waals surface area contributed by atoms with Crippen molar-refractivity contribution in [2.75, 3.05) is 0 Å². The Bertz CT molecular complexity index is 843. The molecular weight excluding hydrogens is 373 g/mol. The third-order valence-corrected chi connectivity index (χ3v) is 5.31. The molecule has 1 aliphatic carbocycles. The third-order valence-electron chi connectivity index (χ3n) is 4.34. The van der Waals surface area contributed by atoms with Crippen LogP contribution in [0.4, 0.5) is 13.2 Å². The first kappa shape index (κ1) is 20.4. The highest BCUT2D eigenvalue weighted by Gasteiger charge is 2.59. The highest BCUT2D eigenvalue weighted by Crippen LogP contribution is 2.49. The maximum Gasteiger partial charge on any atom is 0.534 e. The van der Waals surface area contributed by atoms with E-state index >= 15 is 0 Å². The number of alkyl halides is 3.